The molecule has 2 rings (SSSR count). The van der Waals surface area contributed by atoms with E-state index in [-0.39, 0.29) is 34.6 Å². The van der Waals surface area contributed by atoms with Crippen LogP contribution in [0.15, 0.2) is 58.5 Å². The van der Waals surface area contributed by atoms with Crippen molar-refractivity contribution in [2.24, 2.45) is 9.98 Å². The van der Waals surface area contributed by atoms with E-state index in [1.807, 2.05) is 19.1 Å². The molecule has 1 atom stereocenters. The van der Waals surface area contributed by atoms with Crippen molar-refractivity contribution < 1.29 is 27.3 Å². The molecule has 5 heteroatoms. The summed E-state index contributed by atoms with van der Waals surface area (Å²) in [6.07, 6.45) is 3.29. The average Bonchev–Trinajstić information content (AvgIpc) is 2.48. The van der Waals surface area contributed by atoms with Gasteiger partial charge in [0, 0.05) is 40.6 Å². The van der Waals surface area contributed by atoms with Gasteiger partial charge in [-0.25, -0.2) is 0 Å². The van der Waals surface area contributed by atoms with E-state index in [2.05, 4.69) is 9.98 Å². The molecule has 2 aromatic carbocycles. The van der Waals surface area contributed by atoms with Gasteiger partial charge in [0.15, 0.2) is 0 Å². The zero-order chi connectivity index (χ0) is 15.1. The van der Waals surface area contributed by atoms with E-state index in [0.717, 1.165) is 0 Å². The van der Waals surface area contributed by atoms with Crippen LogP contribution in [0.2, 0.25) is 0 Å². The summed E-state index contributed by atoms with van der Waals surface area (Å²) in [7, 11) is 0. The van der Waals surface area contributed by atoms with Gasteiger partial charge in [-0.2, -0.15) is 0 Å². The van der Waals surface area contributed by atoms with Crippen molar-refractivity contribution in [1.82, 2.24) is 0 Å². The molecule has 4 nitrogen and oxygen atoms in total. The molecule has 0 aromatic heterocycles. The predicted molar refractivity (Wildman–Crippen MR) is 85.7 cm³/mol. The molecule has 0 aliphatic rings. The zero-order valence-corrected chi connectivity index (χ0v) is 13.1. The fraction of sp³-hybridized carbons (Fsp3) is 0.176. The second-order valence-corrected chi connectivity index (χ2v) is 4.74. The van der Waals surface area contributed by atoms with E-state index in [1.165, 1.54) is 0 Å². The monoisotopic (exact) mass is 349 g/mol. The summed E-state index contributed by atoms with van der Waals surface area (Å²) in [5.41, 5.74) is 1.38. The van der Waals surface area contributed by atoms with Crippen molar-refractivity contribution in [3.63, 3.8) is 0 Å². The molecule has 2 aromatic rings. The van der Waals surface area contributed by atoms with Crippen molar-refractivity contribution in [3.05, 3.63) is 59.7 Å². The minimum Gasteiger partial charge on any atom is -0.507 e. The van der Waals surface area contributed by atoms with Crippen LogP contribution in [0, 0.1) is 0 Å². The Hall–Kier alpha value is -2.10. The summed E-state index contributed by atoms with van der Waals surface area (Å²) in [5, 5.41) is 19.2. The first-order valence-electron chi connectivity index (χ1n) is 6.76. The normalized spacial score (nSPS) is 12.4. The second kappa shape index (κ2) is 9.03. The van der Waals surface area contributed by atoms with Gasteiger partial charge < -0.3 is 10.2 Å². The molecule has 0 bridgehead atoms. The van der Waals surface area contributed by atoms with Gasteiger partial charge in [0.25, 0.3) is 0 Å². The number of hydrogen-bond donors (Lipinski definition) is 2. The third-order valence-corrected chi connectivity index (χ3v) is 2.94. The van der Waals surface area contributed by atoms with Crippen LogP contribution in [0.3, 0.4) is 0 Å². The third kappa shape index (κ3) is 5.35. The fourth-order valence-electron chi connectivity index (χ4n) is 1.75. The molecule has 22 heavy (non-hydrogen) atoms. The maximum absolute atomic E-state index is 9.63. The molecule has 0 spiro atoms. The van der Waals surface area contributed by atoms with Crippen LogP contribution in [-0.2, 0) is 17.1 Å². The third-order valence-electron chi connectivity index (χ3n) is 2.94. The molecule has 0 aliphatic carbocycles. The maximum atomic E-state index is 9.63. The molecule has 0 heterocycles. The van der Waals surface area contributed by atoms with Crippen LogP contribution < -0.4 is 0 Å². The number of aliphatic imine (C=N–C) groups is 2. The Morgan fingerprint density at radius 1 is 0.909 bits per heavy atom. The van der Waals surface area contributed by atoms with Crippen LogP contribution in [-0.4, -0.2) is 35.2 Å². The smallest absolute Gasteiger partial charge is 0.124 e. The first-order chi connectivity index (χ1) is 10.2. The number of benzene rings is 2. The molecular weight excluding hydrogens is 331 g/mol. The van der Waals surface area contributed by atoms with E-state index >= 15 is 0 Å². The Morgan fingerprint density at radius 2 is 1.41 bits per heavy atom. The van der Waals surface area contributed by atoms with Crippen molar-refractivity contribution in [3.8, 4) is 11.5 Å². The van der Waals surface area contributed by atoms with E-state index in [4.69, 9.17) is 0 Å². The maximum Gasteiger partial charge on any atom is 0.124 e. The predicted octanol–water partition coefficient (Wildman–Crippen LogP) is 3.02. The summed E-state index contributed by atoms with van der Waals surface area (Å²) in [6.45, 7) is 2.46. The Morgan fingerprint density at radius 3 is 1.95 bits per heavy atom. The standard InChI is InChI=1S/C17H18N2O2.Cu/c1-13(19-12-15-7-3-5-9-17(15)21)10-18-11-14-6-2-4-8-16(14)20;/h2-9,11-13,20-21H,10H2,1H3;/i;1+3. The summed E-state index contributed by atoms with van der Waals surface area (Å²) in [4.78, 5) is 8.62. The van der Waals surface area contributed by atoms with E-state index < -0.39 is 0 Å². The SMILES string of the molecule is CC(CN=Cc1ccccc1O)N=Cc1ccccc1O.[67Cu]. The second-order valence-electron chi connectivity index (χ2n) is 4.74. The van der Waals surface area contributed by atoms with Gasteiger partial charge in [-0.3, -0.25) is 9.98 Å². The number of rotatable bonds is 5. The quantitative estimate of drug-likeness (QED) is 0.644. The summed E-state index contributed by atoms with van der Waals surface area (Å²) in [5.74, 6) is 0.428. The summed E-state index contributed by atoms with van der Waals surface area (Å²) < 4.78 is 0. The van der Waals surface area contributed by atoms with Crippen molar-refractivity contribution in [2.45, 2.75) is 13.0 Å². The molecule has 0 saturated carbocycles. The zero-order valence-electron chi connectivity index (χ0n) is 12.1. The van der Waals surface area contributed by atoms with Gasteiger partial charge in [-0.15, -0.1) is 0 Å². The van der Waals surface area contributed by atoms with E-state index in [9.17, 15) is 10.2 Å². The van der Waals surface area contributed by atoms with Gasteiger partial charge in [0.2, 0.25) is 0 Å². The molecule has 0 aliphatic heterocycles. The number of nitrogens with zero attached hydrogens (tertiary/aromatic N) is 2. The van der Waals surface area contributed by atoms with Crippen LogP contribution >= 0.6 is 0 Å². The molecule has 0 amide bonds. The fourth-order valence-corrected chi connectivity index (χ4v) is 1.75. The largest absolute Gasteiger partial charge is 0.507 e. The van der Waals surface area contributed by atoms with Gasteiger partial charge in [-0.05, 0) is 31.2 Å². The van der Waals surface area contributed by atoms with Crippen LogP contribution in [0.5, 0.6) is 11.5 Å². The van der Waals surface area contributed by atoms with Gasteiger partial charge in [0.05, 0.1) is 12.6 Å². The van der Waals surface area contributed by atoms with E-state index in [0.29, 0.717) is 17.7 Å². The van der Waals surface area contributed by atoms with Gasteiger partial charge in [0.1, 0.15) is 11.5 Å². The Bertz CT molecular complexity index is 657. The van der Waals surface area contributed by atoms with Crippen molar-refractivity contribution in [1.29, 1.82) is 0 Å². The molecule has 1 unspecified atom stereocenters. The Balaban J connectivity index is 0.00000242. The van der Waals surface area contributed by atoms with Crippen molar-refractivity contribution in [2.75, 3.05) is 6.54 Å². The minimum atomic E-state index is -0.00767. The van der Waals surface area contributed by atoms with Crippen LogP contribution in [0.1, 0.15) is 18.1 Å². The number of phenols is 2. The molecular formula is C17H18CuN2O2. The first kappa shape index (κ1) is 17.9. The Kier molecular flexibility index (Phi) is 7.37. The molecule has 0 fully saturated rings. The Labute approximate surface area is 140 Å². The number of aromatic hydroxyl groups is 2. The van der Waals surface area contributed by atoms with Gasteiger partial charge in [-0.1, -0.05) is 24.3 Å². The molecule has 0 saturated heterocycles. The average molecular weight is 349 g/mol. The van der Waals surface area contributed by atoms with Gasteiger partial charge >= 0.3 is 0 Å². The first-order valence-corrected chi connectivity index (χ1v) is 6.76. The summed E-state index contributed by atoms with van der Waals surface area (Å²) >= 11 is 0. The van der Waals surface area contributed by atoms with Crippen LogP contribution in [0.25, 0.3) is 0 Å². The van der Waals surface area contributed by atoms with Crippen molar-refractivity contribution >= 4 is 12.4 Å². The molecule has 119 valence electrons. The minimum absolute atomic E-state index is 0. The number of para-hydroxylation sites is 2. The molecule has 2 N–H and O–H groups in total. The summed E-state index contributed by atoms with van der Waals surface area (Å²) in [6, 6.07) is 14.1. The van der Waals surface area contributed by atoms with E-state index in [1.54, 1.807) is 48.8 Å². The number of hydrogen-bond acceptors (Lipinski definition) is 4. The molecule has 1 radical (unpaired) electrons. The number of phenolic OH excluding ortho intramolecular Hbond substituents is 2. The van der Waals surface area contributed by atoms with Crippen LogP contribution in [0.4, 0.5) is 0 Å². The topological polar surface area (TPSA) is 65.2 Å².